The number of hydrogen-bond acceptors (Lipinski definition) is 3. The van der Waals surface area contributed by atoms with E-state index in [1.165, 1.54) is 0 Å². The van der Waals surface area contributed by atoms with Crippen molar-refractivity contribution in [1.29, 1.82) is 0 Å². The quantitative estimate of drug-likeness (QED) is 0.365. The van der Waals surface area contributed by atoms with Crippen molar-refractivity contribution in [3.63, 3.8) is 0 Å². The average Bonchev–Trinajstić information content (AvgIpc) is 3.13. The SMILES string of the molecule is CCc1ncc[nH]1.O=S(=O)(O)C(F)(F)C(F)(F)C(F)(F)C(F)(F)C(F)(F)C(F)(F)C(F)(F)F. The second kappa shape index (κ2) is 8.69. The lowest BCUT2D eigenvalue weighted by Gasteiger charge is -2.40. The van der Waals surface area contributed by atoms with Crippen LogP contribution in [0, 0.1) is 0 Å². The van der Waals surface area contributed by atoms with Gasteiger partial charge in [0.1, 0.15) is 5.82 Å². The summed E-state index contributed by atoms with van der Waals surface area (Å²) < 4.78 is 215. The van der Waals surface area contributed by atoms with E-state index < -0.39 is 51.2 Å². The van der Waals surface area contributed by atoms with Crippen molar-refractivity contribution >= 4 is 10.1 Å². The number of aryl methyl sites for hydroxylation is 1. The number of rotatable bonds is 7. The Hall–Kier alpha value is -1.93. The molecule has 0 radical (unpaired) electrons. The molecule has 5 nitrogen and oxygen atoms in total. The maximum atomic E-state index is 12.9. The third-order valence-electron chi connectivity index (χ3n) is 3.51. The van der Waals surface area contributed by atoms with Gasteiger partial charge in [0.2, 0.25) is 0 Å². The van der Waals surface area contributed by atoms with E-state index in [1.54, 1.807) is 6.20 Å². The molecule has 0 saturated carbocycles. The Morgan fingerprint density at radius 2 is 1.12 bits per heavy atom. The van der Waals surface area contributed by atoms with Crippen LogP contribution in [-0.2, 0) is 16.5 Å². The number of nitrogens with one attached hydrogen (secondary N) is 1. The van der Waals surface area contributed by atoms with Crippen LogP contribution in [0.2, 0.25) is 0 Å². The van der Waals surface area contributed by atoms with E-state index in [1.807, 2.05) is 6.20 Å². The second-order valence-corrected chi connectivity index (χ2v) is 7.21. The zero-order valence-corrected chi connectivity index (χ0v) is 16.0. The maximum absolute atomic E-state index is 12.9. The van der Waals surface area contributed by atoms with Crippen LogP contribution in [0.25, 0.3) is 0 Å². The minimum absolute atomic E-state index is 0.993. The number of nitrogens with zero attached hydrogens (tertiary/aromatic N) is 1. The standard InChI is InChI=1S/C7HF15O3S.C5H8N2/c8-1(9,2(10,11)4(14,15)6(18,19)20)3(12,13)5(16,17)7(21,22)26(23,24)25;1-2-5-6-3-4-7-5/h(H,23,24,25);3-4H,2H2,1H3,(H,6,7). The molecule has 0 aliphatic heterocycles. The van der Waals surface area contributed by atoms with E-state index >= 15 is 0 Å². The Kier molecular flexibility index (Phi) is 8.18. The molecule has 0 bridgehead atoms. The van der Waals surface area contributed by atoms with Crippen LogP contribution in [0.4, 0.5) is 65.9 Å². The lowest BCUT2D eigenvalue weighted by atomic mass is 9.94. The van der Waals surface area contributed by atoms with Gasteiger partial charge in [0, 0.05) is 18.8 Å². The van der Waals surface area contributed by atoms with Crippen LogP contribution < -0.4 is 0 Å². The lowest BCUT2D eigenvalue weighted by Crippen LogP contribution is -2.73. The van der Waals surface area contributed by atoms with Gasteiger partial charge in [-0.15, -0.1) is 0 Å². The molecule has 1 aromatic rings. The number of aromatic nitrogens is 2. The molecule has 0 saturated heterocycles. The molecule has 0 unspecified atom stereocenters. The molecule has 0 amide bonds. The van der Waals surface area contributed by atoms with Crippen LogP contribution in [0.5, 0.6) is 0 Å². The van der Waals surface area contributed by atoms with E-state index in [2.05, 4.69) is 16.9 Å². The highest BCUT2D eigenvalue weighted by atomic mass is 32.2. The van der Waals surface area contributed by atoms with Crippen molar-refractivity contribution in [1.82, 2.24) is 9.97 Å². The fourth-order valence-electron chi connectivity index (χ4n) is 1.61. The molecule has 1 heterocycles. The van der Waals surface area contributed by atoms with Crippen LogP contribution in [0.1, 0.15) is 12.7 Å². The third-order valence-corrected chi connectivity index (χ3v) is 4.42. The molecule has 0 fully saturated rings. The maximum Gasteiger partial charge on any atom is 0.460 e. The topological polar surface area (TPSA) is 83.0 Å². The largest absolute Gasteiger partial charge is 0.460 e. The Morgan fingerprint density at radius 1 is 0.758 bits per heavy atom. The van der Waals surface area contributed by atoms with Crippen molar-refractivity contribution in [3.05, 3.63) is 18.2 Å². The third kappa shape index (κ3) is 4.83. The predicted octanol–water partition coefficient (Wildman–Crippen LogP) is 5.18. The van der Waals surface area contributed by atoms with Crippen molar-refractivity contribution in [2.75, 3.05) is 0 Å². The summed E-state index contributed by atoms with van der Waals surface area (Å²) in [7, 11) is -7.76. The number of alkyl halides is 15. The van der Waals surface area contributed by atoms with E-state index in [9.17, 15) is 74.3 Å². The second-order valence-electron chi connectivity index (χ2n) is 5.75. The molecule has 0 aliphatic carbocycles. The molecule has 196 valence electrons. The van der Waals surface area contributed by atoms with Crippen molar-refractivity contribution in [2.24, 2.45) is 0 Å². The summed E-state index contributed by atoms with van der Waals surface area (Å²) in [6.45, 7) is 2.07. The van der Waals surface area contributed by atoms with Crippen LogP contribution in [-0.4, -0.2) is 64.0 Å². The summed E-state index contributed by atoms with van der Waals surface area (Å²) in [6, 6.07) is 0. The van der Waals surface area contributed by atoms with Crippen LogP contribution in [0.15, 0.2) is 12.4 Å². The smallest absolute Gasteiger partial charge is 0.349 e. The van der Waals surface area contributed by atoms with Gasteiger partial charge in [-0.1, -0.05) is 6.92 Å². The number of imidazole rings is 1. The number of hydrogen-bond donors (Lipinski definition) is 2. The summed E-state index contributed by atoms with van der Waals surface area (Å²) in [5, 5.41) is -7.70. The molecule has 1 rings (SSSR count). The van der Waals surface area contributed by atoms with Crippen molar-refractivity contribution in [3.8, 4) is 0 Å². The number of H-pyrrole nitrogens is 1. The van der Waals surface area contributed by atoms with E-state index in [-0.39, 0.29) is 0 Å². The zero-order valence-electron chi connectivity index (χ0n) is 15.2. The minimum atomic E-state index is -8.60. The molecule has 0 atom stereocenters. The first kappa shape index (κ1) is 31.1. The normalized spacial score (nSPS) is 15.2. The Bertz CT molecular complexity index is 894. The summed E-state index contributed by atoms with van der Waals surface area (Å²) >= 11 is 0. The van der Waals surface area contributed by atoms with Gasteiger partial charge < -0.3 is 4.98 Å². The van der Waals surface area contributed by atoms with Crippen LogP contribution in [0.3, 0.4) is 0 Å². The van der Waals surface area contributed by atoms with Crippen LogP contribution >= 0.6 is 0 Å². The fourth-order valence-corrected chi connectivity index (χ4v) is 2.06. The van der Waals surface area contributed by atoms with Gasteiger partial charge in [0.05, 0.1) is 0 Å². The highest BCUT2D eigenvalue weighted by Crippen LogP contribution is 2.62. The Morgan fingerprint density at radius 3 is 1.36 bits per heavy atom. The molecular formula is C12H9F15N2O3S. The van der Waals surface area contributed by atoms with Gasteiger partial charge in [0.25, 0.3) is 0 Å². The fraction of sp³-hybridized carbons (Fsp3) is 0.750. The van der Waals surface area contributed by atoms with E-state index in [0.717, 1.165) is 12.2 Å². The summed E-state index contributed by atoms with van der Waals surface area (Å²) in [5.74, 6) is -41.0. The summed E-state index contributed by atoms with van der Waals surface area (Å²) in [4.78, 5) is 6.95. The first-order valence-electron chi connectivity index (χ1n) is 7.47. The first-order valence-corrected chi connectivity index (χ1v) is 8.91. The molecule has 0 aromatic carbocycles. The Balaban J connectivity index is 0.00000123. The van der Waals surface area contributed by atoms with Gasteiger partial charge in [-0.2, -0.15) is 74.3 Å². The van der Waals surface area contributed by atoms with Gasteiger partial charge in [0.15, 0.2) is 0 Å². The number of aromatic amines is 1. The van der Waals surface area contributed by atoms with Gasteiger partial charge in [-0.05, 0) is 0 Å². The molecule has 33 heavy (non-hydrogen) atoms. The first-order chi connectivity index (χ1) is 14.2. The van der Waals surface area contributed by atoms with E-state index in [4.69, 9.17) is 4.55 Å². The zero-order chi connectivity index (χ0) is 27.1. The van der Waals surface area contributed by atoms with E-state index in [0.29, 0.717) is 0 Å². The van der Waals surface area contributed by atoms with Crippen molar-refractivity contribution in [2.45, 2.75) is 54.4 Å². The number of halogens is 15. The Labute approximate surface area is 172 Å². The summed E-state index contributed by atoms with van der Waals surface area (Å²) in [5.41, 5.74) is 0. The highest BCUT2D eigenvalue weighted by Gasteiger charge is 2.94. The molecule has 21 heteroatoms. The van der Waals surface area contributed by atoms with Gasteiger partial charge >= 0.3 is 51.2 Å². The molecular weight excluding hydrogens is 537 g/mol. The van der Waals surface area contributed by atoms with Crippen molar-refractivity contribution < 1.29 is 78.8 Å². The summed E-state index contributed by atoms with van der Waals surface area (Å²) in [6.07, 6.45) is -3.17. The lowest BCUT2D eigenvalue weighted by molar-refractivity contribution is -0.448. The average molecular weight is 546 g/mol. The van der Waals surface area contributed by atoms with Gasteiger partial charge in [-0.3, -0.25) is 4.55 Å². The van der Waals surface area contributed by atoms with Gasteiger partial charge in [-0.25, -0.2) is 4.98 Å². The molecule has 1 aromatic heterocycles. The highest BCUT2D eigenvalue weighted by molar-refractivity contribution is 7.87. The monoisotopic (exact) mass is 546 g/mol. The molecule has 0 spiro atoms. The molecule has 2 N–H and O–H groups in total. The molecule has 0 aliphatic rings. The minimum Gasteiger partial charge on any atom is -0.349 e. The predicted molar refractivity (Wildman–Crippen MR) is 75.3 cm³/mol.